The van der Waals surface area contributed by atoms with E-state index in [1.807, 2.05) is 48.3 Å². The summed E-state index contributed by atoms with van der Waals surface area (Å²) in [4.78, 5) is 15.1. The maximum Gasteiger partial charge on any atom is 0.359 e. The van der Waals surface area contributed by atoms with Crippen LogP contribution >= 0.6 is 24.0 Å². The zero-order valence-electron chi connectivity index (χ0n) is 13.5. The second-order valence-electron chi connectivity index (χ2n) is 5.30. The molecule has 1 aliphatic heterocycles. The molecule has 0 N–H and O–H groups in total. The van der Waals surface area contributed by atoms with Gasteiger partial charge in [-0.2, -0.15) is 16.9 Å². The zero-order valence-corrected chi connectivity index (χ0v) is 15.1. The molecule has 2 heterocycles. The van der Waals surface area contributed by atoms with E-state index in [-0.39, 0.29) is 5.69 Å². The molecule has 7 heteroatoms. The Morgan fingerprint density at radius 2 is 2.00 bits per heavy atom. The van der Waals surface area contributed by atoms with Gasteiger partial charge < -0.3 is 9.64 Å². The number of rotatable bonds is 4. The van der Waals surface area contributed by atoms with Gasteiger partial charge in [-0.25, -0.2) is 9.48 Å². The Morgan fingerprint density at radius 3 is 2.67 bits per heavy atom. The lowest BCUT2D eigenvalue weighted by atomic mass is 10.2. The van der Waals surface area contributed by atoms with Gasteiger partial charge in [-0.15, -0.1) is 0 Å². The van der Waals surface area contributed by atoms with E-state index in [9.17, 15) is 4.79 Å². The highest BCUT2D eigenvalue weighted by Gasteiger charge is 2.25. The minimum atomic E-state index is -0.434. The number of nitrogens with zero attached hydrogens (tertiary/aromatic N) is 3. The quantitative estimate of drug-likeness (QED) is 0.616. The van der Waals surface area contributed by atoms with Gasteiger partial charge in [-0.05, 0) is 19.1 Å². The van der Waals surface area contributed by atoms with Crippen LogP contribution in [0, 0.1) is 0 Å². The summed E-state index contributed by atoms with van der Waals surface area (Å²) in [5.41, 5.74) is 1.83. The summed E-state index contributed by atoms with van der Waals surface area (Å²) in [5.74, 6) is 1.65. The molecule has 0 radical (unpaired) electrons. The average Bonchev–Trinajstić information content (AvgIpc) is 3.08. The molecule has 0 aliphatic carbocycles. The van der Waals surface area contributed by atoms with Crippen LogP contribution in [-0.2, 0) is 4.74 Å². The molecule has 0 saturated carbocycles. The number of para-hydroxylation sites is 1. The van der Waals surface area contributed by atoms with Crippen molar-refractivity contribution in [2.75, 3.05) is 31.2 Å². The van der Waals surface area contributed by atoms with E-state index in [1.54, 1.807) is 11.6 Å². The topological polar surface area (TPSA) is 47.4 Å². The lowest BCUT2D eigenvalue weighted by molar-refractivity contribution is 0.0518. The van der Waals surface area contributed by atoms with E-state index in [2.05, 4.69) is 10.00 Å². The van der Waals surface area contributed by atoms with Gasteiger partial charge in [0.25, 0.3) is 0 Å². The van der Waals surface area contributed by atoms with Crippen LogP contribution in [0.4, 0.5) is 0 Å². The van der Waals surface area contributed by atoms with Crippen molar-refractivity contribution in [3.05, 3.63) is 47.8 Å². The van der Waals surface area contributed by atoms with Crippen LogP contribution in [0.3, 0.4) is 0 Å². The molecule has 0 spiro atoms. The van der Waals surface area contributed by atoms with Gasteiger partial charge in [0.2, 0.25) is 0 Å². The summed E-state index contributed by atoms with van der Waals surface area (Å²) in [6.07, 6.45) is 1.83. The fourth-order valence-electron chi connectivity index (χ4n) is 2.53. The van der Waals surface area contributed by atoms with Crippen molar-refractivity contribution in [3.8, 4) is 5.69 Å². The highest BCUT2D eigenvalue weighted by Crippen LogP contribution is 2.19. The summed E-state index contributed by atoms with van der Waals surface area (Å²) in [6, 6.07) is 9.68. The Morgan fingerprint density at radius 1 is 1.29 bits per heavy atom. The second kappa shape index (κ2) is 7.81. The fraction of sp³-hybridized carbons (Fsp3) is 0.353. The first kappa shape index (κ1) is 17.0. The number of hydrogen-bond acceptors (Lipinski definition) is 5. The molecule has 24 heavy (non-hydrogen) atoms. The number of hydrogen-bond donors (Lipinski definition) is 0. The van der Waals surface area contributed by atoms with E-state index in [0.29, 0.717) is 17.2 Å². The maximum absolute atomic E-state index is 12.3. The van der Waals surface area contributed by atoms with Crippen molar-refractivity contribution >= 4 is 34.9 Å². The van der Waals surface area contributed by atoms with Gasteiger partial charge in [0, 0.05) is 30.8 Å². The average molecular weight is 361 g/mol. The molecule has 1 saturated heterocycles. The van der Waals surface area contributed by atoms with E-state index < -0.39 is 5.97 Å². The molecule has 5 nitrogen and oxygen atoms in total. The van der Waals surface area contributed by atoms with Crippen LogP contribution in [0.2, 0.25) is 0 Å². The molecule has 0 unspecified atom stereocenters. The van der Waals surface area contributed by atoms with Gasteiger partial charge in [-0.3, -0.25) is 0 Å². The number of carbonyl (C=O) groups excluding carboxylic acids is 1. The Hall–Kier alpha value is -1.86. The van der Waals surface area contributed by atoms with Crippen LogP contribution in [0.15, 0.2) is 36.5 Å². The first-order valence-corrected chi connectivity index (χ1v) is 9.46. The third-order valence-electron chi connectivity index (χ3n) is 3.73. The fourth-order valence-corrected chi connectivity index (χ4v) is 3.77. The summed E-state index contributed by atoms with van der Waals surface area (Å²) in [6.45, 7) is 3.88. The Kier molecular flexibility index (Phi) is 5.52. The molecule has 0 atom stereocenters. The number of carbonyl (C=O) groups is 1. The first-order chi connectivity index (χ1) is 11.7. The van der Waals surface area contributed by atoms with Crippen molar-refractivity contribution in [2.45, 2.75) is 6.92 Å². The van der Waals surface area contributed by atoms with Crippen molar-refractivity contribution < 1.29 is 9.53 Å². The third kappa shape index (κ3) is 3.62. The van der Waals surface area contributed by atoms with Crippen LogP contribution in [0.1, 0.15) is 23.0 Å². The number of thioether (sulfide) groups is 1. The summed E-state index contributed by atoms with van der Waals surface area (Å²) < 4.78 is 6.85. The lowest BCUT2D eigenvalue weighted by Crippen LogP contribution is -2.37. The van der Waals surface area contributed by atoms with Crippen molar-refractivity contribution in [2.24, 2.45) is 0 Å². The Labute approximate surface area is 151 Å². The summed E-state index contributed by atoms with van der Waals surface area (Å²) >= 11 is 7.57. The number of esters is 1. The van der Waals surface area contributed by atoms with Gasteiger partial charge >= 0.3 is 5.97 Å². The van der Waals surface area contributed by atoms with Crippen molar-refractivity contribution in [1.29, 1.82) is 0 Å². The number of aromatic nitrogens is 2. The van der Waals surface area contributed by atoms with Gasteiger partial charge in [-0.1, -0.05) is 30.4 Å². The summed E-state index contributed by atoms with van der Waals surface area (Å²) in [5, 5.41) is 4.44. The Bertz CT molecular complexity index is 725. The monoisotopic (exact) mass is 361 g/mol. The molecular weight excluding hydrogens is 342 g/mol. The van der Waals surface area contributed by atoms with Gasteiger partial charge in [0.05, 0.1) is 17.9 Å². The van der Waals surface area contributed by atoms with Crippen LogP contribution in [0.5, 0.6) is 0 Å². The largest absolute Gasteiger partial charge is 0.461 e. The second-order valence-corrected chi connectivity index (χ2v) is 6.91. The predicted octanol–water partition coefficient (Wildman–Crippen LogP) is 2.77. The minimum absolute atomic E-state index is 0.281. The number of benzene rings is 1. The molecule has 1 aromatic heterocycles. The van der Waals surface area contributed by atoms with Crippen LogP contribution in [-0.4, -0.2) is 56.8 Å². The van der Waals surface area contributed by atoms with E-state index in [0.717, 1.165) is 30.3 Å². The smallest absolute Gasteiger partial charge is 0.359 e. The predicted molar refractivity (Wildman–Crippen MR) is 100 cm³/mol. The SMILES string of the molecule is CCOC(=O)c1nn(-c2ccccc2)cc1C(=S)N1CCSCC1. The van der Waals surface area contributed by atoms with E-state index in [1.165, 1.54) is 0 Å². The van der Waals surface area contributed by atoms with E-state index >= 15 is 0 Å². The number of thiocarbonyl (C=S) groups is 1. The molecule has 0 bridgehead atoms. The highest BCUT2D eigenvalue weighted by atomic mass is 32.2. The minimum Gasteiger partial charge on any atom is -0.461 e. The molecule has 2 aromatic rings. The maximum atomic E-state index is 12.3. The molecule has 1 aliphatic rings. The Balaban J connectivity index is 1.97. The molecular formula is C17H19N3O2S2. The third-order valence-corrected chi connectivity index (χ3v) is 5.15. The standard InChI is InChI=1S/C17H19N3O2S2/c1-2-22-17(21)15-14(16(23)19-8-10-24-11-9-19)12-20(18-15)13-6-4-3-5-7-13/h3-7,12H,2,8-11H2,1H3. The summed E-state index contributed by atoms with van der Waals surface area (Å²) in [7, 11) is 0. The van der Waals surface area contributed by atoms with Gasteiger partial charge in [0.1, 0.15) is 4.99 Å². The molecule has 0 amide bonds. The lowest BCUT2D eigenvalue weighted by Gasteiger charge is -2.28. The molecule has 3 rings (SSSR count). The zero-order chi connectivity index (χ0) is 16.9. The van der Waals surface area contributed by atoms with E-state index in [4.69, 9.17) is 17.0 Å². The van der Waals surface area contributed by atoms with Crippen molar-refractivity contribution in [3.63, 3.8) is 0 Å². The molecule has 1 fully saturated rings. The van der Waals surface area contributed by atoms with Crippen LogP contribution < -0.4 is 0 Å². The first-order valence-electron chi connectivity index (χ1n) is 7.90. The number of ether oxygens (including phenoxy) is 1. The normalized spacial score (nSPS) is 14.5. The highest BCUT2D eigenvalue weighted by molar-refractivity contribution is 7.99. The van der Waals surface area contributed by atoms with Crippen LogP contribution in [0.25, 0.3) is 5.69 Å². The molecule has 1 aromatic carbocycles. The van der Waals surface area contributed by atoms with Crippen molar-refractivity contribution in [1.82, 2.24) is 14.7 Å². The van der Waals surface area contributed by atoms with Gasteiger partial charge in [0.15, 0.2) is 5.69 Å². The molecule has 126 valence electrons.